The average Bonchev–Trinajstić information content (AvgIpc) is 3.34. The maximum atomic E-state index is 12.8. The fraction of sp³-hybridized carbons (Fsp3) is 0.823. The molecule has 0 spiro atoms. The Morgan fingerprint density at radius 1 is 0.294 bits per heavy atom. The summed E-state index contributed by atoms with van der Waals surface area (Å²) in [5.74, 6) is -0.877. The first kappa shape index (κ1) is 65.4. The molecule has 0 bridgehead atoms. The Labute approximate surface area is 422 Å². The lowest BCUT2D eigenvalue weighted by Crippen LogP contribution is -2.30. The maximum Gasteiger partial charge on any atom is 0.306 e. The largest absolute Gasteiger partial charge is 0.462 e. The van der Waals surface area contributed by atoms with Crippen LogP contribution in [0.15, 0.2) is 48.6 Å². The summed E-state index contributed by atoms with van der Waals surface area (Å²) in [7, 11) is 0. The molecule has 0 aromatic heterocycles. The van der Waals surface area contributed by atoms with Crippen molar-refractivity contribution in [1.29, 1.82) is 0 Å². The van der Waals surface area contributed by atoms with Gasteiger partial charge in [-0.1, -0.05) is 256 Å². The Morgan fingerprint density at radius 2 is 0.529 bits per heavy atom. The van der Waals surface area contributed by atoms with Crippen LogP contribution >= 0.6 is 0 Å². The topological polar surface area (TPSA) is 78.9 Å². The molecule has 1 atom stereocenters. The minimum atomic E-state index is -0.777. The van der Waals surface area contributed by atoms with Crippen molar-refractivity contribution in [1.82, 2.24) is 0 Å². The average molecular weight is 954 g/mol. The van der Waals surface area contributed by atoms with E-state index < -0.39 is 6.10 Å². The lowest BCUT2D eigenvalue weighted by atomic mass is 10.0. The van der Waals surface area contributed by atoms with Gasteiger partial charge in [0.1, 0.15) is 13.2 Å². The summed E-state index contributed by atoms with van der Waals surface area (Å²) in [6, 6.07) is 0. The minimum Gasteiger partial charge on any atom is -0.462 e. The van der Waals surface area contributed by atoms with Crippen LogP contribution in [0.4, 0.5) is 0 Å². The summed E-state index contributed by atoms with van der Waals surface area (Å²) in [6.07, 6.45) is 69.6. The Hall–Kier alpha value is -2.63. The molecule has 0 N–H and O–H groups in total. The van der Waals surface area contributed by atoms with Gasteiger partial charge < -0.3 is 14.2 Å². The van der Waals surface area contributed by atoms with Crippen LogP contribution in [0, 0.1) is 0 Å². The Morgan fingerprint density at radius 3 is 0.853 bits per heavy atom. The van der Waals surface area contributed by atoms with E-state index in [0.29, 0.717) is 19.3 Å². The minimum absolute atomic E-state index is 0.0768. The molecule has 0 amide bonds. The number of allylic oxidation sites excluding steroid dienone is 8. The third-order valence-electron chi connectivity index (χ3n) is 13.1. The third-order valence-corrected chi connectivity index (χ3v) is 13.1. The summed E-state index contributed by atoms with van der Waals surface area (Å²) in [5, 5.41) is 0. The van der Waals surface area contributed by atoms with Crippen LogP contribution in [0.1, 0.15) is 310 Å². The molecule has 0 heterocycles. The van der Waals surface area contributed by atoms with E-state index in [1.807, 2.05) is 0 Å². The van der Waals surface area contributed by atoms with Gasteiger partial charge in [-0.25, -0.2) is 0 Å². The van der Waals surface area contributed by atoms with Crippen molar-refractivity contribution >= 4 is 17.9 Å². The highest BCUT2D eigenvalue weighted by molar-refractivity contribution is 5.71. The molecule has 0 radical (unpaired) electrons. The van der Waals surface area contributed by atoms with Gasteiger partial charge in [0.05, 0.1) is 0 Å². The molecule has 0 aromatic carbocycles. The Bertz CT molecular complexity index is 1190. The predicted octanol–water partition coefficient (Wildman–Crippen LogP) is 19.8. The SMILES string of the molecule is CCCCCC/C=C\CCCCCCCC(=O)OCC(COC(=O)CCCCCCCCCC/C=C\C/C=C\C/C=C\CCCCCCC)OC(=O)CCCCCCCCCCCCCCCC. The van der Waals surface area contributed by atoms with Crippen molar-refractivity contribution < 1.29 is 28.6 Å². The van der Waals surface area contributed by atoms with E-state index in [9.17, 15) is 14.4 Å². The second-order valence-electron chi connectivity index (χ2n) is 19.9. The highest BCUT2D eigenvalue weighted by Crippen LogP contribution is 2.16. The lowest BCUT2D eigenvalue weighted by molar-refractivity contribution is -0.167. The molecule has 0 aromatic rings. The molecule has 0 saturated carbocycles. The molecule has 0 saturated heterocycles. The molecular weight excluding hydrogens is 841 g/mol. The zero-order valence-electron chi connectivity index (χ0n) is 45.4. The lowest BCUT2D eigenvalue weighted by Gasteiger charge is -2.18. The summed E-state index contributed by atoms with van der Waals surface area (Å²) in [5.41, 5.74) is 0. The van der Waals surface area contributed by atoms with Gasteiger partial charge in [0.25, 0.3) is 0 Å². The van der Waals surface area contributed by atoms with Crippen LogP contribution in [-0.4, -0.2) is 37.2 Å². The number of carbonyl (C=O) groups excluding carboxylic acids is 3. The summed E-state index contributed by atoms with van der Waals surface area (Å²) in [4.78, 5) is 38.1. The fourth-order valence-electron chi connectivity index (χ4n) is 8.56. The second kappa shape index (κ2) is 57.0. The van der Waals surface area contributed by atoms with E-state index in [-0.39, 0.29) is 31.1 Å². The fourth-order valence-corrected chi connectivity index (χ4v) is 8.56. The van der Waals surface area contributed by atoms with Crippen LogP contribution in [0.5, 0.6) is 0 Å². The summed E-state index contributed by atoms with van der Waals surface area (Å²) in [6.45, 7) is 6.63. The zero-order chi connectivity index (χ0) is 49.3. The maximum absolute atomic E-state index is 12.8. The summed E-state index contributed by atoms with van der Waals surface area (Å²) < 4.78 is 16.9. The molecular formula is C62H112O6. The quantitative estimate of drug-likeness (QED) is 0.0262. The smallest absolute Gasteiger partial charge is 0.306 e. The van der Waals surface area contributed by atoms with Crippen LogP contribution in [0.25, 0.3) is 0 Å². The van der Waals surface area contributed by atoms with Crippen molar-refractivity contribution in [2.75, 3.05) is 13.2 Å². The number of hydrogen-bond acceptors (Lipinski definition) is 6. The molecule has 0 fully saturated rings. The number of unbranched alkanes of at least 4 members (excludes halogenated alkanes) is 35. The molecule has 68 heavy (non-hydrogen) atoms. The first-order valence-electron chi connectivity index (χ1n) is 29.6. The normalized spacial score (nSPS) is 12.3. The predicted molar refractivity (Wildman–Crippen MR) is 293 cm³/mol. The Kier molecular flexibility index (Phi) is 54.8. The van der Waals surface area contributed by atoms with Crippen LogP contribution < -0.4 is 0 Å². The number of esters is 3. The molecule has 0 aliphatic heterocycles. The van der Waals surface area contributed by atoms with Crippen molar-refractivity contribution in [2.45, 2.75) is 316 Å². The van der Waals surface area contributed by atoms with Crippen molar-refractivity contribution in [2.24, 2.45) is 0 Å². The van der Waals surface area contributed by atoms with Crippen molar-refractivity contribution in [3.63, 3.8) is 0 Å². The molecule has 6 nitrogen and oxygen atoms in total. The molecule has 1 unspecified atom stereocenters. The van der Waals surface area contributed by atoms with Gasteiger partial charge in [-0.2, -0.15) is 0 Å². The van der Waals surface area contributed by atoms with Gasteiger partial charge in [0, 0.05) is 19.3 Å². The summed E-state index contributed by atoms with van der Waals surface area (Å²) >= 11 is 0. The molecule has 0 aliphatic rings. The first-order chi connectivity index (χ1) is 33.5. The van der Waals surface area contributed by atoms with E-state index in [2.05, 4.69) is 69.4 Å². The van der Waals surface area contributed by atoms with E-state index >= 15 is 0 Å². The number of hydrogen-bond donors (Lipinski definition) is 0. The highest BCUT2D eigenvalue weighted by Gasteiger charge is 2.19. The van der Waals surface area contributed by atoms with Gasteiger partial charge in [-0.3, -0.25) is 14.4 Å². The first-order valence-corrected chi connectivity index (χ1v) is 29.6. The van der Waals surface area contributed by atoms with Crippen molar-refractivity contribution in [3.8, 4) is 0 Å². The van der Waals surface area contributed by atoms with E-state index in [4.69, 9.17) is 14.2 Å². The van der Waals surface area contributed by atoms with Gasteiger partial charge >= 0.3 is 17.9 Å². The van der Waals surface area contributed by atoms with Gasteiger partial charge in [0.2, 0.25) is 0 Å². The number of ether oxygens (including phenoxy) is 3. The third kappa shape index (κ3) is 54.3. The molecule has 396 valence electrons. The van der Waals surface area contributed by atoms with E-state index in [0.717, 1.165) is 83.5 Å². The van der Waals surface area contributed by atoms with Gasteiger partial charge in [0.15, 0.2) is 6.10 Å². The zero-order valence-corrected chi connectivity index (χ0v) is 45.4. The molecule has 6 heteroatoms. The van der Waals surface area contributed by atoms with Crippen molar-refractivity contribution in [3.05, 3.63) is 48.6 Å². The van der Waals surface area contributed by atoms with Crippen LogP contribution in [0.3, 0.4) is 0 Å². The van der Waals surface area contributed by atoms with Gasteiger partial charge in [-0.15, -0.1) is 0 Å². The number of rotatable bonds is 54. The Balaban J connectivity index is 4.31. The van der Waals surface area contributed by atoms with E-state index in [1.165, 1.54) is 186 Å². The van der Waals surface area contributed by atoms with Crippen LogP contribution in [0.2, 0.25) is 0 Å². The number of carbonyl (C=O) groups is 3. The standard InChI is InChI=1S/C62H112O6/c1-4-7-10-13-16-19-22-25-27-28-29-30-31-32-33-34-35-38-40-43-46-49-52-55-61(64)67-58-59(57-66-60(63)54-51-48-45-42-39-36-24-21-18-15-12-9-6-3)68-62(65)56-53-50-47-44-41-37-26-23-20-17-14-11-8-5-2/h21-22,24-25,28-29,31-32,59H,4-20,23,26-27,30,33-58H2,1-3H3/b24-21-,25-22-,29-28-,32-31-. The van der Waals surface area contributed by atoms with Gasteiger partial charge in [-0.05, 0) is 83.5 Å². The second-order valence-corrected chi connectivity index (χ2v) is 19.9. The molecule has 0 aliphatic carbocycles. The molecule has 0 rings (SSSR count). The monoisotopic (exact) mass is 953 g/mol. The highest BCUT2D eigenvalue weighted by atomic mass is 16.6. The van der Waals surface area contributed by atoms with Crippen LogP contribution in [-0.2, 0) is 28.6 Å². The van der Waals surface area contributed by atoms with E-state index in [1.54, 1.807) is 0 Å².